The Morgan fingerprint density at radius 1 is 0.971 bits per heavy atom. The Morgan fingerprint density at radius 2 is 1.66 bits per heavy atom. The molecule has 0 unspecified atom stereocenters. The van der Waals surface area contributed by atoms with Crippen LogP contribution in [0.4, 0.5) is 19.1 Å². The van der Waals surface area contributed by atoms with Gasteiger partial charge in [-0.2, -0.15) is 13.2 Å². The predicted octanol–water partition coefficient (Wildman–Crippen LogP) is 7.53. The van der Waals surface area contributed by atoms with Crippen LogP contribution in [0.1, 0.15) is 31.7 Å². The van der Waals surface area contributed by atoms with E-state index in [0.717, 1.165) is 29.7 Å². The van der Waals surface area contributed by atoms with E-state index in [1.54, 1.807) is 18.2 Å². The quantitative estimate of drug-likeness (QED) is 0.287. The van der Waals surface area contributed by atoms with Crippen LogP contribution in [-0.4, -0.2) is 16.0 Å². The Labute approximate surface area is 200 Å². The third kappa shape index (κ3) is 5.54. The van der Waals surface area contributed by atoms with Crippen molar-refractivity contribution in [1.29, 1.82) is 0 Å². The number of oxazole rings is 1. The fraction of sp³-hybridized carbons (Fsp3) is 0.185. The van der Waals surface area contributed by atoms with Crippen molar-refractivity contribution in [1.82, 2.24) is 4.98 Å². The number of carbonyl (C=O) groups excluding carboxylic acids is 1. The number of carbonyl (C=O) groups is 1. The van der Waals surface area contributed by atoms with E-state index in [1.807, 2.05) is 37.3 Å². The lowest BCUT2D eigenvalue weighted by atomic mass is 10.0. The van der Waals surface area contributed by atoms with Crippen molar-refractivity contribution in [3.63, 3.8) is 0 Å². The molecule has 1 heterocycles. The number of nitrogens with one attached hydrogen (secondary N) is 1. The Hall–Kier alpha value is -4.07. The zero-order valence-electron chi connectivity index (χ0n) is 18.9. The summed E-state index contributed by atoms with van der Waals surface area (Å²) in [5, 5.41) is 13.4. The molecule has 1 amide bonds. The minimum atomic E-state index is -4.48. The molecular formula is C27H23F3N2O3. The molecule has 4 rings (SSSR count). The highest BCUT2D eigenvalue weighted by Crippen LogP contribution is 2.39. The van der Waals surface area contributed by atoms with Crippen LogP contribution in [0.2, 0.25) is 0 Å². The Bertz CT molecular complexity index is 1310. The zero-order chi connectivity index (χ0) is 25.0. The van der Waals surface area contributed by atoms with Gasteiger partial charge in [-0.25, -0.2) is 4.98 Å². The van der Waals surface area contributed by atoms with Crippen LogP contribution in [0.25, 0.3) is 33.8 Å². The number of aromatic nitrogens is 1. The molecule has 0 spiro atoms. The standard InChI is InChI=1S/C27H23F3N2O3/c1-2-3-9-23(34)31-26-24(18-10-13-20(14-11-18)27(28,29)30)32-25(35-26)21-15-12-19(16-22(21)33)17-7-5-4-6-8-17/h4-8,10-16,33H,2-3,9H2,1H3,(H,31,34). The molecule has 0 aliphatic carbocycles. The number of anilines is 1. The van der Waals surface area contributed by atoms with Crippen LogP contribution < -0.4 is 5.32 Å². The lowest BCUT2D eigenvalue weighted by molar-refractivity contribution is -0.137. The van der Waals surface area contributed by atoms with Crippen molar-refractivity contribution in [3.05, 3.63) is 78.4 Å². The van der Waals surface area contributed by atoms with E-state index < -0.39 is 11.7 Å². The number of hydrogen-bond acceptors (Lipinski definition) is 4. The van der Waals surface area contributed by atoms with Gasteiger partial charge >= 0.3 is 6.18 Å². The second-order valence-electron chi connectivity index (χ2n) is 8.02. The van der Waals surface area contributed by atoms with Crippen molar-refractivity contribution in [3.8, 4) is 39.6 Å². The molecule has 8 heteroatoms. The summed E-state index contributed by atoms with van der Waals surface area (Å²) in [7, 11) is 0. The Morgan fingerprint density at radius 3 is 2.29 bits per heavy atom. The maximum Gasteiger partial charge on any atom is 0.416 e. The molecule has 0 saturated heterocycles. The van der Waals surface area contributed by atoms with Gasteiger partial charge in [-0.05, 0) is 41.8 Å². The number of rotatable bonds is 7. The van der Waals surface area contributed by atoms with Crippen molar-refractivity contribution >= 4 is 11.8 Å². The number of amides is 1. The third-order valence-corrected chi connectivity index (χ3v) is 5.46. The highest BCUT2D eigenvalue weighted by molar-refractivity contribution is 5.93. The first-order valence-electron chi connectivity index (χ1n) is 11.1. The van der Waals surface area contributed by atoms with Crippen LogP contribution in [-0.2, 0) is 11.0 Å². The molecule has 5 nitrogen and oxygen atoms in total. The van der Waals surface area contributed by atoms with E-state index in [-0.39, 0.29) is 41.1 Å². The topological polar surface area (TPSA) is 75.4 Å². The van der Waals surface area contributed by atoms with E-state index in [0.29, 0.717) is 12.0 Å². The SMILES string of the molecule is CCCCC(=O)Nc1oc(-c2ccc(-c3ccccc3)cc2O)nc1-c1ccc(C(F)(F)F)cc1. The van der Waals surface area contributed by atoms with Gasteiger partial charge in [0.15, 0.2) is 0 Å². The van der Waals surface area contributed by atoms with Crippen LogP contribution in [0.15, 0.2) is 77.2 Å². The number of unbranched alkanes of at least 4 members (excludes halogenated alkanes) is 1. The third-order valence-electron chi connectivity index (χ3n) is 5.46. The highest BCUT2D eigenvalue weighted by Gasteiger charge is 2.30. The smallest absolute Gasteiger partial charge is 0.416 e. The van der Waals surface area contributed by atoms with E-state index in [1.165, 1.54) is 12.1 Å². The Kier molecular flexibility index (Phi) is 6.91. The van der Waals surface area contributed by atoms with Crippen molar-refractivity contribution < 1.29 is 27.5 Å². The largest absolute Gasteiger partial charge is 0.507 e. The minimum absolute atomic E-state index is 0.00685. The van der Waals surface area contributed by atoms with E-state index in [4.69, 9.17) is 4.42 Å². The number of nitrogens with zero attached hydrogens (tertiary/aromatic N) is 1. The second kappa shape index (κ2) is 10.0. The van der Waals surface area contributed by atoms with Crippen LogP contribution in [0.3, 0.4) is 0 Å². The van der Waals surface area contributed by atoms with Gasteiger partial charge in [-0.1, -0.05) is 61.9 Å². The van der Waals surface area contributed by atoms with Crippen molar-refractivity contribution in [2.24, 2.45) is 0 Å². The van der Waals surface area contributed by atoms with Gasteiger partial charge < -0.3 is 9.52 Å². The summed E-state index contributed by atoms with van der Waals surface area (Å²) in [5.41, 5.74) is 1.69. The van der Waals surface area contributed by atoms with E-state index in [2.05, 4.69) is 10.3 Å². The van der Waals surface area contributed by atoms with E-state index in [9.17, 15) is 23.1 Å². The number of halogens is 3. The summed E-state index contributed by atoms with van der Waals surface area (Å²) in [6.45, 7) is 1.95. The number of hydrogen-bond donors (Lipinski definition) is 2. The molecule has 0 aliphatic heterocycles. The first-order valence-corrected chi connectivity index (χ1v) is 11.1. The van der Waals surface area contributed by atoms with Gasteiger partial charge in [0.05, 0.1) is 11.1 Å². The fourth-order valence-corrected chi connectivity index (χ4v) is 3.58. The molecule has 0 aliphatic rings. The van der Waals surface area contributed by atoms with Gasteiger partial charge in [0.1, 0.15) is 11.4 Å². The number of benzene rings is 3. The van der Waals surface area contributed by atoms with Crippen molar-refractivity contribution in [2.75, 3.05) is 5.32 Å². The second-order valence-corrected chi connectivity index (χ2v) is 8.02. The van der Waals surface area contributed by atoms with Crippen molar-refractivity contribution in [2.45, 2.75) is 32.4 Å². The number of aromatic hydroxyl groups is 1. The van der Waals surface area contributed by atoms with Gasteiger partial charge in [-0.3, -0.25) is 10.1 Å². The molecular weight excluding hydrogens is 457 g/mol. The molecule has 1 aromatic heterocycles. The predicted molar refractivity (Wildman–Crippen MR) is 128 cm³/mol. The molecule has 0 radical (unpaired) electrons. The van der Waals surface area contributed by atoms with Gasteiger partial charge in [0.25, 0.3) is 0 Å². The number of phenolic OH excluding ortho intramolecular Hbond substituents is 1. The summed E-state index contributed by atoms with van der Waals surface area (Å²) >= 11 is 0. The number of alkyl halides is 3. The van der Waals surface area contributed by atoms with Crippen LogP contribution in [0, 0.1) is 0 Å². The van der Waals surface area contributed by atoms with Gasteiger partial charge in [0, 0.05) is 12.0 Å². The molecule has 0 fully saturated rings. The molecule has 0 bridgehead atoms. The molecule has 4 aromatic rings. The first-order chi connectivity index (χ1) is 16.8. The average molecular weight is 480 g/mol. The minimum Gasteiger partial charge on any atom is -0.507 e. The molecule has 3 aromatic carbocycles. The number of phenols is 1. The first kappa shape index (κ1) is 24.1. The van der Waals surface area contributed by atoms with Gasteiger partial charge in [0.2, 0.25) is 17.7 Å². The Balaban J connectivity index is 1.72. The molecule has 180 valence electrons. The fourth-order valence-electron chi connectivity index (χ4n) is 3.58. The maximum atomic E-state index is 13.0. The summed E-state index contributed by atoms with van der Waals surface area (Å²) in [4.78, 5) is 16.8. The summed E-state index contributed by atoms with van der Waals surface area (Å²) in [5.74, 6) is -0.350. The van der Waals surface area contributed by atoms with E-state index >= 15 is 0 Å². The normalized spacial score (nSPS) is 11.4. The molecule has 2 N–H and O–H groups in total. The monoisotopic (exact) mass is 480 g/mol. The van der Waals surface area contributed by atoms with Crippen LogP contribution >= 0.6 is 0 Å². The summed E-state index contributed by atoms with van der Waals surface area (Å²) in [6, 6.07) is 18.9. The zero-order valence-corrected chi connectivity index (χ0v) is 18.9. The summed E-state index contributed by atoms with van der Waals surface area (Å²) in [6.07, 6.45) is -2.72. The molecule has 0 atom stereocenters. The average Bonchev–Trinajstić information content (AvgIpc) is 3.26. The maximum absolute atomic E-state index is 13.0. The van der Waals surface area contributed by atoms with Crippen LogP contribution in [0.5, 0.6) is 5.75 Å². The lowest BCUT2D eigenvalue weighted by Gasteiger charge is -2.07. The summed E-state index contributed by atoms with van der Waals surface area (Å²) < 4.78 is 44.8. The molecule has 0 saturated carbocycles. The highest BCUT2D eigenvalue weighted by atomic mass is 19.4. The van der Waals surface area contributed by atoms with Gasteiger partial charge in [-0.15, -0.1) is 0 Å². The lowest BCUT2D eigenvalue weighted by Crippen LogP contribution is -2.11. The molecule has 35 heavy (non-hydrogen) atoms.